The second-order valence-electron chi connectivity index (χ2n) is 7.19. The van der Waals surface area contributed by atoms with Crippen LogP contribution >= 0.6 is 0 Å². The van der Waals surface area contributed by atoms with E-state index in [4.69, 9.17) is 9.47 Å². The minimum absolute atomic E-state index is 0.147. The van der Waals surface area contributed by atoms with Crippen LogP contribution in [0.4, 0.5) is 0 Å². The summed E-state index contributed by atoms with van der Waals surface area (Å²) in [6, 6.07) is 9.34. The Balaban J connectivity index is 1.95. The number of benzene rings is 1. The molecule has 0 saturated carbocycles. The first-order valence-electron chi connectivity index (χ1n) is 9.16. The lowest BCUT2D eigenvalue weighted by Crippen LogP contribution is -2.45. The highest BCUT2D eigenvalue weighted by molar-refractivity contribution is 5.95. The molecule has 1 aromatic carbocycles. The van der Waals surface area contributed by atoms with Crippen LogP contribution in [0.25, 0.3) is 5.69 Å². The summed E-state index contributed by atoms with van der Waals surface area (Å²) in [4.78, 5) is 25.9. The topological polar surface area (TPSA) is 69.6 Å². The first kappa shape index (κ1) is 19.3. The molecule has 144 valence electrons. The fraction of sp³-hybridized carbons (Fsp3) is 0.429. The van der Waals surface area contributed by atoms with Gasteiger partial charge in [0.1, 0.15) is 11.7 Å². The van der Waals surface area contributed by atoms with Crippen molar-refractivity contribution < 1.29 is 14.3 Å². The highest BCUT2D eigenvalue weighted by Gasteiger charge is 2.30. The van der Waals surface area contributed by atoms with E-state index >= 15 is 0 Å². The number of carbonyl (C=O) groups is 1. The lowest BCUT2D eigenvalue weighted by molar-refractivity contribution is 0.0684. The van der Waals surface area contributed by atoms with Gasteiger partial charge in [-0.05, 0) is 42.2 Å². The van der Waals surface area contributed by atoms with Crippen LogP contribution in [0.2, 0.25) is 0 Å². The highest BCUT2D eigenvalue weighted by Crippen LogP contribution is 2.18. The Labute approximate surface area is 159 Å². The molecule has 1 fully saturated rings. The minimum atomic E-state index is -0.399. The molecule has 1 saturated heterocycles. The number of carbonyl (C=O) groups excluding carboxylic acids is 1. The smallest absolute Gasteiger partial charge is 0.268 e. The molecule has 0 bridgehead atoms. The van der Waals surface area contributed by atoms with Crippen LogP contribution in [0.15, 0.2) is 41.3 Å². The maximum Gasteiger partial charge on any atom is 0.268 e. The van der Waals surface area contributed by atoms with Crippen molar-refractivity contribution >= 4 is 5.91 Å². The molecule has 0 aliphatic carbocycles. The highest BCUT2D eigenvalue weighted by atomic mass is 16.5. The molecular formula is C21H26N2O4. The molecule has 6 nitrogen and oxygen atoms in total. The second kappa shape index (κ2) is 8.06. The van der Waals surface area contributed by atoms with Crippen molar-refractivity contribution in [2.75, 3.05) is 20.3 Å². The zero-order valence-electron chi connectivity index (χ0n) is 16.2. The Bertz CT molecular complexity index is 888. The number of pyridine rings is 1. The molecule has 0 unspecified atom stereocenters. The summed E-state index contributed by atoms with van der Waals surface area (Å²) in [6.45, 7) is 6.78. The third-order valence-corrected chi connectivity index (χ3v) is 4.99. The summed E-state index contributed by atoms with van der Waals surface area (Å²) >= 11 is 0. The number of nitrogens with zero attached hydrogens (tertiary/aromatic N) is 1. The molecule has 1 N–H and O–H groups in total. The van der Waals surface area contributed by atoms with E-state index < -0.39 is 5.91 Å². The first-order valence-corrected chi connectivity index (χ1v) is 9.16. The van der Waals surface area contributed by atoms with E-state index in [1.807, 2.05) is 24.3 Å². The van der Waals surface area contributed by atoms with Gasteiger partial charge in [-0.25, -0.2) is 0 Å². The number of hydrogen-bond acceptors (Lipinski definition) is 4. The van der Waals surface area contributed by atoms with E-state index in [-0.39, 0.29) is 23.3 Å². The fourth-order valence-electron chi connectivity index (χ4n) is 3.28. The van der Waals surface area contributed by atoms with Crippen molar-refractivity contribution in [3.63, 3.8) is 0 Å². The molecule has 2 heterocycles. The Morgan fingerprint density at radius 3 is 2.78 bits per heavy atom. The zero-order chi connectivity index (χ0) is 19.6. The Kier molecular flexibility index (Phi) is 5.77. The van der Waals surface area contributed by atoms with E-state index in [0.29, 0.717) is 24.7 Å². The van der Waals surface area contributed by atoms with E-state index in [1.54, 1.807) is 26.3 Å². The van der Waals surface area contributed by atoms with Gasteiger partial charge < -0.3 is 14.8 Å². The van der Waals surface area contributed by atoms with Gasteiger partial charge in [0.2, 0.25) is 0 Å². The maximum absolute atomic E-state index is 13.1. The third-order valence-electron chi connectivity index (χ3n) is 4.99. The Morgan fingerprint density at radius 2 is 2.07 bits per heavy atom. The predicted molar refractivity (Wildman–Crippen MR) is 104 cm³/mol. The summed E-state index contributed by atoms with van der Waals surface area (Å²) in [7, 11) is 1.58. The van der Waals surface area contributed by atoms with Gasteiger partial charge in [-0.3, -0.25) is 14.2 Å². The maximum atomic E-state index is 13.1. The van der Waals surface area contributed by atoms with E-state index in [1.165, 1.54) is 4.57 Å². The zero-order valence-corrected chi connectivity index (χ0v) is 16.2. The van der Waals surface area contributed by atoms with Crippen LogP contribution in [-0.4, -0.2) is 42.9 Å². The van der Waals surface area contributed by atoms with Crippen molar-refractivity contribution in [1.82, 2.24) is 9.88 Å². The number of rotatable bonds is 5. The van der Waals surface area contributed by atoms with Gasteiger partial charge in [0, 0.05) is 19.0 Å². The average molecular weight is 370 g/mol. The summed E-state index contributed by atoms with van der Waals surface area (Å²) < 4.78 is 12.2. The number of aromatic nitrogens is 1. The Hall–Kier alpha value is -2.44. The van der Waals surface area contributed by atoms with Crippen LogP contribution in [0.1, 0.15) is 41.3 Å². The molecule has 27 heavy (non-hydrogen) atoms. The molecule has 1 aliphatic heterocycles. The van der Waals surface area contributed by atoms with Gasteiger partial charge >= 0.3 is 0 Å². The van der Waals surface area contributed by atoms with Gasteiger partial charge in [-0.1, -0.05) is 26.0 Å². The number of methoxy groups -OCH3 is 1. The largest absolute Gasteiger partial charge is 0.377 e. The third kappa shape index (κ3) is 3.96. The Morgan fingerprint density at radius 1 is 1.30 bits per heavy atom. The molecular weight excluding hydrogens is 344 g/mol. The average Bonchev–Trinajstić information content (AvgIpc) is 3.09. The SMILES string of the molecule is CO[C@@H]1COC[C@@H]1NC(=O)c1c(C)ccn(-c2cccc(C(C)C)c2)c1=O. The molecule has 2 aromatic rings. The standard InChI is InChI=1S/C21H26N2O4/c1-13(2)15-6-5-7-16(10-15)23-9-8-14(3)19(21(23)25)20(24)22-17-11-27-12-18(17)26-4/h5-10,13,17-18H,11-12H2,1-4H3,(H,22,24)/t17-,18+/m0/s1. The van der Waals surface area contributed by atoms with Crippen molar-refractivity contribution in [3.05, 3.63) is 63.6 Å². The molecule has 1 aromatic heterocycles. The molecule has 3 rings (SSSR count). The number of aryl methyl sites for hydroxylation is 1. The van der Waals surface area contributed by atoms with E-state index in [2.05, 4.69) is 19.2 Å². The quantitative estimate of drug-likeness (QED) is 0.878. The molecule has 1 amide bonds. The molecule has 0 radical (unpaired) electrons. The van der Waals surface area contributed by atoms with Crippen LogP contribution in [-0.2, 0) is 9.47 Å². The molecule has 6 heteroatoms. The van der Waals surface area contributed by atoms with Crippen LogP contribution in [0.5, 0.6) is 0 Å². The predicted octanol–water partition coefficient (Wildman–Crippen LogP) is 2.41. The van der Waals surface area contributed by atoms with E-state index in [9.17, 15) is 9.59 Å². The van der Waals surface area contributed by atoms with Gasteiger partial charge in [0.15, 0.2) is 0 Å². The van der Waals surface area contributed by atoms with Crippen molar-refractivity contribution in [2.24, 2.45) is 0 Å². The molecule has 2 atom stereocenters. The van der Waals surface area contributed by atoms with Crippen molar-refractivity contribution in [2.45, 2.75) is 38.8 Å². The summed E-state index contributed by atoms with van der Waals surface area (Å²) in [5, 5.41) is 2.88. The second-order valence-corrected chi connectivity index (χ2v) is 7.19. The molecule has 0 spiro atoms. The lowest BCUT2D eigenvalue weighted by atomic mass is 10.0. The van der Waals surface area contributed by atoms with Gasteiger partial charge in [0.05, 0.1) is 19.3 Å². The first-order chi connectivity index (χ1) is 12.9. The van der Waals surface area contributed by atoms with Crippen LogP contribution in [0, 0.1) is 6.92 Å². The fourth-order valence-corrected chi connectivity index (χ4v) is 3.28. The van der Waals surface area contributed by atoms with Crippen molar-refractivity contribution in [1.29, 1.82) is 0 Å². The number of nitrogens with one attached hydrogen (secondary N) is 1. The van der Waals surface area contributed by atoms with Crippen molar-refractivity contribution in [3.8, 4) is 5.69 Å². The van der Waals surface area contributed by atoms with Gasteiger partial charge in [0.25, 0.3) is 11.5 Å². The van der Waals surface area contributed by atoms with Crippen LogP contribution in [0.3, 0.4) is 0 Å². The summed E-state index contributed by atoms with van der Waals surface area (Å²) in [6.07, 6.45) is 1.51. The van der Waals surface area contributed by atoms with Gasteiger partial charge in [-0.2, -0.15) is 0 Å². The summed E-state index contributed by atoms with van der Waals surface area (Å²) in [5.41, 5.74) is 2.34. The normalized spacial score (nSPS) is 19.4. The number of ether oxygens (including phenoxy) is 2. The molecule has 1 aliphatic rings. The van der Waals surface area contributed by atoms with Crippen LogP contribution < -0.4 is 10.9 Å². The van der Waals surface area contributed by atoms with Gasteiger partial charge in [-0.15, -0.1) is 0 Å². The van der Waals surface area contributed by atoms with E-state index in [0.717, 1.165) is 11.3 Å². The monoisotopic (exact) mass is 370 g/mol. The number of amides is 1. The lowest BCUT2D eigenvalue weighted by Gasteiger charge is -2.18. The number of hydrogen-bond donors (Lipinski definition) is 1. The summed E-state index contributed by atoms with van der Waals surface area (Å²) in [5.74, 6) is -0.0494. The minimum Gasteiger partial charge on any atom is -0.377 e.